The number of pyridine rings is 2. The van der Waals surface area contributed by atoms with Gasteiger partial charge in [-0.15, -0.1) is 0 Å². The van der Waals surface area contributed by atoms with E-state index in [-0.39, 0.29) is 36.5 Å². The van der Waals surface area contributed by atoms with Crippen molar-refractivity contribution in [3.8, 4) is 5.88 Å². The molecular formula is C21H25F2N3O3. The highest BCUT2D eigenvalue weighted by molar-refractivity contribution is 5.94. The molecule has 1 N–H and O–H groups in total. The van der Waals surface area contributed by atoms with E-state index in [1.807, 2.05) is 20.8 Å². The third kappa shape index (κ3) is 6.89. The van der Waals surface area contributed by atoms with Crippen LogP contribution in [0.1, 0.15) is 48.0 Å². The first-order valence-electron chi connectivity index (χ1n) is 9.44. The maximum absolute atomic E-state index is 12.4. The Kier molecular flexibility index (Phi) is 8.18. The summed E-state index contributed by atoms with van der Waals surface area (Å²) in [7, 11) is 0. The Morgan fingerprint density at radius 1 is 1.21 bits per heavy atom. The Balaban J connectivity index is 2.00. The molecule has 0 spiro atoms. The van der Waals surface area contributed by atoms with Crippen LogP contribution in [0.2, 0.25) is 0 Å². The van der Waals surface area contributed by atoms with Gasteiger partial charge in [0.05, 0.1) is 0 Å². The summed E-state index contributed by atoms with van der Waals surface area (Å²) in [5.74, 6) is -0.164. The van der Waals surface area contributed by atoms with Gasteiger partial charge in [0.1, 0.15) is 5.78 Å². The number of aromatic nitrogens is 2. The second-order valence-electron chi connectivity index (χ2n) is 6.88. The molecule has 29 heavy (non-hydrogen) atoms. The number of halogens is 2. The van der Waals surface area contributed by atoms with Gasteiger partial charge in [-0.2, -0.15) is 0 Å². The van der Waals surface area contributed by atoms with Crippen molar-refractivity contribution in [1.82, 2.24) is 15.3 Å². The number of nitrogens with one attached hydrogen (secondary N) is 1. The summed E-state index contributed by atoms with van der Waals surface area (Å²) in [6.45, 7) is 5.02. The number of Topliss-reactive ketones (excluding diaryl/α,β-unsaturated/α-hetero) is 1. The fourth-order valence-corrected chi connectivity index (χ4v) is 2.55. The molecule has 0 aliphatic carbocycles. The molecular weight excluding hydrogens is 380 g/mol. The summed E-state index contributed by atoms with van der Waals surface area (Å²) in [6.07, 6.45) is 1.16. The van der Waals surface area contributed by atoms with Gasteiger partial charge in [0, 0.05) is 48.1 Å². The topological polar surface area (TPSA) is 81.2 Å². The van der Waals surface area contributed by atoms with E-state index in [0.717, 1.165) is 5.56 Å². The average molecular weight is 405 g/mol. The smallest absolute Gasteiger partial charge is 0.272 e. The zero-order chi connectivity index (χ0) is 21.4. The lowest BCUT2D eigenvalue weighted by Gasteiger charge is -2.11. The highest BCUT2D eigenvalue weighted by Gasteiger charge is 2.13. The minimum Gasteiger partial charge on any atom is -0.471 e. The molecule has 2 heterocycles. The maximum Gasteiger partial charge on any atom is 0.272 e. The lowest BCUT2D eigenvalue weighted by Crippen LogP contribution is -2.23. The van der Waals surface area contributed by atoms with Crippen LogP contribution in [0.25, 0.3) is 0 Å². The van der Waals surface area contributed by atoms with Crippen LogP contribution in [0.4, 0.5) is 8.78 Å². The lowest BCUT2D eigenvalue weighted by atomic mass is 10.0. The van der Waals surface area contributed by atoms with Gasteiger partial charge >= 0.3 is 0 Å². The van der Waals surface area contributed by atoms with Crippen LogP contribution in [0.3, 0.4) is 0 Å². The summed E-state index contributed by atoms with van der Waals surface area (Å²) in [5, 5.41) is 2.79. The van der Waals surface area contributed by atoms with E-state index in [0.29, 0.717) is 23.2 Å². The molecule has 0 fully saturated rings. The molecule has 2 aromatic rings. The summed E-state index contributed by atoms with van der Waals surface area (Å²) in [6, 6.07) is 4.95. The van der Waals surface area contributed by atoms with Gasteiger partial charge < -0.3 is 10.1 Å². The van der Waals surface area contributed by atoms with Gasteiger partial charge in [0.15, 0.2) is 6.61 Å². The summed E-state index contributed by atoms with van der Waals surface area (Å²) < 4.78 is 29.7. The molecule has 0 aromatic carbocycles. The lowest BCUT2D eigenvalue weighted by molar-refractivity contribution is -0.121. The number of carbonyl (C=O) groups is 2. The quantitative estimate of drug-likeness (QED) is 0.655. The molecule has 8 heteroatoms. The van der Waals surface area contributed by atoms with Crippen LogP contribution in [0.15, 0.2) is 30.6 Å². The summed E-state index contributed by atoms with van der Waals surface area (Å²) in [4.78, 5) is 32.5. The van der Waals surface area contributed by atoms with E-state index < -0.39 is 13.0 Å². The number of rotatable bonds is 10. The van der Waals surface area contributed by atoms with Crippen LogP contribution in [-0.2, 0) is 24.2 Å². The van der Waals surface area contributed by atoms with Crippen molar-refractivity contribution < 1.29 is 23.1 Å². The number of hydrogen-bond acceptors (Lipinski definition) is 5. The van der Waals surface area contributed by atoms with Crippen molar-refractivity contribution >= 4 is 11.7 Å². The fourth-order valence-electron chi connectivity index (χ4n) is 2.55. The number of amides is 1. The van der Waals surface area contributed by atoms with Crippen molar-refractivity contribution in [2.75, 3.05) is 6.61 Å². The molecule has 156 valence electrons. The van der Waals surface area contributed by atoms with Gasteiger partial charge in [-0.3, -0.25) is 14.6 Å². The Labute approximate surface area is 168 Å². The van der Waals surface area contributed by atoms with Crippen molar-refractivity contribution in [2.24, 2.45) is 5.92 Å². The van der Waals surface area contributed by atoms with Crippen molar-refractivity contribution in [3.63, 3.8) is 0 Å². The van der Waals surface area contributed by atoms with Crippen LogP contribution in [0, 0.1) is 5.92 Å². The second kappa shape index (κ2) is 10.6. The molecule has 6 nitrogen and oxygen atoms in total. The molecule has 0 radical (unpaired) electrons. The fraction of sp³-hybridized carbons (Fsp3) is 0.429. The van der Waals surface area contributed by atoms with E-state index >= 15 is 0 Å². The monoisotopic (exact) mass is 405 g/mol. The molecule has 0 bridgehead atoms. The van der Waals surface area contributed by atoms with Crippen LogP contribution >= 0.6 is 0 Å². The van der Waals surface area contributed by atoms with Crippen LogP contribution in [0.5, 0.6) is 5.88 Å². The van der Waals surface area contributed by atoms with E-state index in [9.17, 15) is 18.4 Å². The predicted molar refractivity (Wildman–Crippen MR) is 104 cm³/mol. The SMILES string of the molecule is CCc1cc(CNC(=O)c2ccnc(CC(=O)C(C)C)c2)cnc1OCC(F)F. The number of hydrogen-bond donors (Lipinski definition) is 1. The van der Waals surface area contributed by atoms with Gasteiger partial charge in [-0.1, -0.05) is 20.8 Å². The molecule has 0 aliphatic rings. The highest BCUT2D eigenvalue weighted by atomic mass is 19.3. The van der Waals surface area contributed by atoms with Crippen molar-refractivity contribution in [2.45, 2.75) is 46.6 Å². The molecule has 0 saturated heterocycles. The maximum atomic E-state index is 12.4. The van der Waals surface area contributed by atoms with E-state index in [1.165, 1.54) is 12.4 Å². The predicted octanol–water partition coefficient (Wildman–Crippen LogP) is 3.38. The largest absolute Gasteiger partial charge is 0.471 e. The number of ketones is 1. The Hall–Kier alpha value is -2.90. The van der Waals surface area contributed by atoms with Gasteiger partial charge in [-0.05, 0) is 30.2 Å². The van der Waals surface area contributed by atoms with E-state index in [2.05, 4.69) is 15.3 Å². The third-order valence-electron chi connectivity index (χ3n) is 4.24. The first kappa shape index (κ1) is 22.4. The molecule has 2 aromatic heterocycles. The van der Waals surface area contributed by atoms with Crippen molar-refractivity contribution in [3.05, 3.63) is 53.0 Å². The second-order valence-corrected chi connectivity index (χ2v) is 6.88. The first-order valence-corrected chi connectivity index (χ1v) is 9.44. The number of nitrogens with zero attached hydrogens (tertiary/aromatic N) is 2. The van der Waals surface area contributed by atoms with Gasteiger partial charge in [0.25, 0.3) is 12.3 Å². The number of carbonyl (C=O) groups excluding carboxylic acids is 2. The summed E-state index contributed by atoms with van der Waals surface area (Å²) in [5.41, 5.74) is 2.37. The zero-order valence-corrected chi connectivity index (χ0v) is 16.7. The average Bonchev–Trinajstić information content (AvgIpc) is 2.70. The van der Waals surface area contributed by atoms with Crippen LogP contribution in [-0.4, -0.2) is 34.7 Å². The minimum absolute atomic E-state index is 0.0578. The van der Waals surface area contributed by atoms with Crippen LogP contribution < -0.4 is 10.1 Å². The molecule has 2 rings (SSSR count). The number of aryl methyl sites for hydroxylation is 1. The normalized spacial score (nSPS) is 11.0. The Bertz CT molecular complexity index is 857. The van der Waals surface area contributed by atoms with Gasteiger partial charge in [-0.25, -0.2) is 13.8 Å². The minimum atomic E-state index is -2.57. The Morgan fingerprint density at radius 2 is 1.97 bits per heavy atom. The standard InChI is InChI=1S/C21H25F2N3O3/c1-4-15-7-14(11-26-21(15)29-12-19(22)23)10-25-20(28)16-5-6-24-17(8-16)9-18(27)13(2)3/h5-8,11,13,19H,4,9-10,12H2,1-3H3,(H,25,28). The molecule has 0 saturated carbocycles. The van der Waals surface area contributed by atoms with E-state index in [4.69, 9.17) is 4.74 Å². The number of ether oxygens (including phenoxy) is 1. The third-order valence-corrected chi connectivity index (χ3v) is 4.24. The molecule has 1 amide bonds. The molecule has 0 unspecified atom stereocenters. The first-order chi connectivity index (χ1) is 13.8. The highest BCUT2D eigenvalue weighted by Crippen LogP contribution is 2.18. The zero-order valence-electron chi connectivity index (χ0n) is 16.7. The van der Waals surface area contributed by atoms with Crippen molar-refractivity contribution in [1.29, 1.82) is 0 Å². The van der Waals surface area contributed by atoms with E-state index in [1.54, 1.807) is 18.2 Å². The Morgan fingerprint density at radius 3 is 2.62 bits per heavy atom. The number of alkyl halides is 2. The summed E-state index contributed by atoms with van der Waals surface area (Å²) >= 11 is 0. The molecule has 0 atom stereocenters. The molecule has 0 aliphatic heterocycles. The van der Waals surface area contributed by atoms with Gasteiger partial charge in [0.2, 0.25) is 5.88 Å².